The Morgan fingerprint density at radius 3 is 2.03 bits per heavy atom. The van der Waals surface area contributed by atoms with Gasteiger partial charge in [0.05, 0.1) is 11.9 Å². The Bertz CT molecular complexity index is 1030. The van der Waals surface area contributed by atoms with Gasteiger partial charge in [-0.3, -0.25) is 13.9 Å². The summed E-state index contributed by atoms with van der Waals surface area (Å²) in [5.74, 6) is -0.787. The Hall–Kier alpha value is -2.87. The summed E-state index contributed by atoms with van der Waals surface area (Å²) in [5, 5.41) is 2.56. The van der Waals surface area contributed by atoms with Crippen molar-refractivity contribution in [1.29, 1.82) is 0 Å². The van der Waals surface area contributed by atoms with E-state index in [9.17, 15) is 18.0 Å². The summed E-state index contributed by atoms with van der Waals surface area (Å²) in [6.07, 6.45) is 1.07. The molecule has 0 saturated heterocycles. The van der Waals surface area contributed by atoms with E-state index in [0.29, 0.717) is 5.69 Å². The Morgan fingerprint density at radius 1 is 1.00 bits per heavy atom. The number of hydrogen-bond donors (Lipinski definition) is 1. The first kappa shape index (κ1) is 25.4. The largest absolute Gasteiger partial charge is 0.357 e. The van der Waals surface area contributed by atoms with Crippen LogP contribution in [0.1, 0.15) is 38.8 Å². The van der Waals surface area contributed by atoms with Gasteiger partial charge in [-0.15, -0.1) is 0 Å². The molecule has 2 aromatic rings. The molecule has 7 nitrogen and oxygen atoms in total. The van der Waals surface area contributed by atoms with Crippen molar-refractivity contribution >= 4 is 27.5 Å². The number of carbonyl (C=O) groups excluding carboxylic acids is 2. The summed E-state index contributed by atoms with van der Waals surface area (Å²) in [6.45, 7) is 7.63. The Labute approximate surface area is 191 Å². The molecule has 0 saturated carbocycles. The maximum absolute atomic E-state index is 13.3. The summed E-state index contributed by atoms with van der Waals surface area (Å²) in [6, 6.07) is 15.7. The highest BCUT2D eigenvalue weighted by molar-refractivity contribution is 7.92. The first-order chi connectivity index (χ1) is 14.8. The molecule has 0 aliphatic carbocycles. The second kappa shape index (κ2) is 10.2. The quantitative estimate of drug-likeness (QED) is 0.658. The second-order valence-corrected chi connectivity index (χ2v) is 10.8. The lowest BCUT2D eigenvalue weighted by atomic mass is 9.87. The monoisotopic (exact) mass is 459 g/mol. The van der Waals surface area contributed by atoms with Gasteiger partial charge >= 0.3 is 0 Å². The number of nitrogens with one attached hydrogen (secondary N) is 1. The first-order valence-electron chi connectivity index (χ1n) is 10.5. The van der Waals surface area contributed by atoms with Gasteiger partial charge in [-0.25, -0.2) is 8.42 Å². The van der Waals surface area contributed by atoms with Crippen molar-refractivity contribution in [1.82, 2.24) is 10.2 Å². The summed E-state index contributed by atoms with van der Waals surface area (Å²) < 4.78 is 26.2. The summed E-state index contributed by atoms with van der Waals surface area (Å²) >= 11 is 0. The number of likely N-dealkylation sites (N-methyl/N-ethyl adjacent to an activating group) is 1. The van der Waals surface area contributed by atoms with Crippen LogP contribution in [0.3, 0.4) is 0 Å². The Morgan fingerprint density at radius 2 is 1.56 bits per heavy atom. The number of nitrogens with zero attached hydrogens (tertiary/aromatic N) is 2. The van der Waals surface area contributed by atoms with Crippen molar-refractivity contribution in [3.63, 3.8) is 0 Å². The lowest BCUT2D eigenvalue weighted by Crippen LogP contribution is -2.50. The molecule has 32 heavy (non-hydrogen) atoms. The normalized spacial score (nSPS) is 12.7. The number of carbonyl (C=O) groups is 2. The second-order valence-electron chi connectivity index (χ2n) is 8.86. The van der Waals surface area contributed by atoms with Gasteiger partial charge in [-0.1, -0.05) is 63.2 Å². The molecular formula is C24H33N3O4S. The number of hydrogen-bond acceptors (Lipinski definition) is 4. The highest BCUT2D eigenvalue weighted by atomic mass is 32.2. The zero-order chi connectivity index (χ0) is 24.1. The van der Waals surface area contributed by atoms with E-state index in [1.807, 2.05) is 42.5 Å². The SMILES string of the molecule is CNC(=O)C(C)N(Cc1ccccc1)C(=O)CN(c1ccc(C(C)(C)C)cc1)S(C)(=O)=O. The highest BCUT2D eigenvalue weighted by Crippen LogP contribution is 2.26. The summed E-state index contributed by atoms with van der Waals surface area (Å²) in [5.41, 5.74) is 2.22. The van der Waals surface area contributed by atoms with Gasteiger partial charge in [0.2, 0.25) is 21.8 Å². The van der Waals surface area contributed by atoms with Crippen LogP contribution in [0.4, 0.5) is 5.69 Å². The number of amides is 2. The molecule has 0 spiro atoms. The molecule has 1 unspecified atom stereocenters. The van der Waals surface area contributed by atoms with Crippen molar-refractivity contribution < 1.29 is 18.0 Å². The Kier molecular flexibility index (Phi) is 8.07. The van der Waals surface area contributed by atoms with Gasteiger partial charge in [0.1, 0.15) is 12.6 Å². The van der Waals surface area contributed by atoms with Crippen LogP contribution in [0, 0.1) is 0 Å². The smallest absolute Gasteiger partial charge is 0.244 e. The van der Waals surface area contributed by atoms with Gasteiger partial charge in [0.25, 0.3) is 0 Å². The van der Waals surface area contributed by atoms with Crippen molar-refractivity contribution in [2.45, 2.75) is 45.7 Å². The first-order valence-corrected chi connectivity index (χ1v) is 12.3. The minimum absolute atomic E-state index is 0.0836. The average Bonchev–Trinajstić information content (AvgIpc) is 2.74. The van der Waals surface area contributed by atoms with E-state index in [4.69, 9.17) is 0 Å². The lowest BCUT2D eigenvalue weighted by Gasteiger charge is -2.31. The predicted octanol–water partition coefficient (Wildman–Crippen LogP) is 2.91. The van der Waals surface area contributed by atoms with E-state index >= 15 is 0 Å². The van der Waals surface area contributed by atoms with Crippen molar-refractivity contribution in [2.75, 3.05) is 24.2 Å². The highest BCUT2D eigenvalue weighted by Gasteiger charge is 2.29. The molecule has 0 aliphatic rings. The van der Waals surface area contributed by atoms with E-state index in [1.54, 1.807) is 19.1 Å². The molecule has 0 fully saturated rings. The number of rotatable bonds is 8. The van der Waals surface area contributed by atoms with E-state index in [2.05, 4.69) is 26.1 Å². The van der Waals surface area contributed by atoms with Gasteiger partial charge < -0.3 is 10.2 Å². The molecule has 2 aromatic carbocycles. The standard InChI is InChI=1S/C24H33N3O4S/c1-18(23(29)25-5)26(16-19-10-8-7-9-11-19)22(28)17-27(32(6,30)31)21-14-12-20(13-15-21)24(2,3)4/h7-15,18H,16-17H2,1-6H3,(H,25,29). The van der Waals surface area contributed by atoms with Crippen LogP contribution >= 0.6 is 0 Å². The number of benzene rings is 2. The molecule has 2 amide bonds. The van der Waals surface area contributed by atoms with E-state index in [0.717, 1.165) is 21.7 Å². The van der Waals surface area contributed by atoms with Crippen LogP contribution in [0.15, 0.2) is 54.6 Å². The summed E-state index contributed by atoms with van der Waals surface area (Å²) in [4.78, 5) is 27.0. The lowest BCUT2D eigenvalue weighted by molar-refractivity contribution is -0.139. The van der Waals surface area contributed by atoms with Crippen LogP contribution in [0.25, 0.3) is 0 Å². The van der Waals surface area contributed by atoms with Crippen LogP contribution in [0.5, 0.6) is 0 Å². The molecule has 174 valence electrons. The van der Waals surface area contributed by atoms with Gasteiger partial charge in [-0.05, 0) is 35.6 Å². The molecule has 1 N–H and O–H groups in total. The minimum atomic E-state index is -3.73. The molecule has 1 atom stereocenters. The fourth-order valence-electron chi connectivity index (χ4n) is 3.31. The predicted molar refractivity (Wildman–Crippen MR) is 128 cm³/mol. The van der Waals surface area contributed by atoms with E-state index < -0.39 is 28.5 Å². The molecule has 0 aliphatic heterocycles. The minimum Gasteiger partial charge on any atom is -0.357 e. The molecule has 8 heteroatoms. The molecule has 2 rings (SSSR count). The van der Waals surface area contributed by atoms with Crippen LogP contribution < -0.4 is 9.62 Å². The summed E-state index contributed by atoms with van der Waals surface area (Å²) in [7, 11) is -2.23. The zero-order valence-corrected chi connectivity index (χ0v) is 20.4. The maximum atomic E-state index is 13.3. The fraction of sp³-hybridized carbons (Fsp3) is 0.417. The Balaban J connectivity index is 2.36. The third-order valence-electron chi connectivity index (χ3n) is 5.31. The molecular weight excluding hydrogens is 426 g/mol. The molecule has 0 bridgehead atoms. The van der Waals surface area contributed by atoms with Crippen molar-refractivity contribution in [2.24, 2.45) is 0 Å². The van der Waals surface area contributed by atoms with E-state index in [-0.39, 0.29) is 17.9 Å². The van der Waals surface area contributed by atoms with Crippen LogP contribution in [-0.2, 0) is 31.6 Å². The van der Waals surface area contributed by atoms with Gasteiger partial charge in [0, 0.05) is 13.6 Å². The topological polar surface area (TPSA) is 86.8 Å². The van der Waals surface area contributed by atoms with Crippen LogP contribution in [0.2, 0.25) is 0 Å². The third-order valence-corrected chi connectivity index (χ3v) is 6.45. The van der Waals surface area contributed by atoms with Crippen LogP contribution in [-0.4, -0.2) is 51.0 Å². The number of sulfonamides is 1. The molecule has 0 aromatic heterocycles. The average molecular weight is 460 g/mol. The molecule has 0 radical (unpaired) electrons. The van der Waals surface area contributed by atoms with Crippen molar-refractivity contribution in [3.8, 4) is 0 Å². The van der Waals surface area contributed by atoms with E-state index in [1.165, 1.54) is 11.9 Å². The number of anilines is 1. The fourth-order valence-corrected chi connectivity index (χ4v) is 4.16. The van der Waals surface area contributed by atoms with Gasteiger partial charge in [0.15, 0.2) is 0 Å². The van der Waals surface area contributed by atoms with Gasteiger partial charge in [-0.2, -0.15) is 0 Å². The zero-order valence-electron chi connectivity index (χ0n) is 19.6. The molecule has 0 heterocycles. The maximum Gasteiger partial charge on any atom is 0.244 e. The van der Waals surface area contributed by atoms with Crippen molar-refractivity contribution in [3.05, 3.63) is 65.7 Å². The third kappa shape index (κ3) is 6.56.